The number of hydrogen-bond acceptors (Lipinski definition) is 9. The SMILES string of the molecule is CCOC(=O)C1=c2/c(=C/c3cccnc3)c(N)c(C(=O)OCC)n2C(=O)C(c2cccnc2)S1. The van der Waals surface area contributed by atoms with Gasteiger partial charge in [-0.1, -0.05) is 23.9 Å². The van der Waals surface area contributed by atoms with Crippen LogP contribution in [0.5, 0.6) is 0 Å². The molecule has 174 valence electrons. The van der Waals surface area contributed by atoms with E-state index in [0.29, 0.717) is 16.3 Å². The first-order valence-corrected chi connectivity index (χ1v) is 11.5. The third kappa shape index (κ3) is 4.19. The van der Waals surface area contributed by atoms with Gasteiger partial charge in [-0.25, -0.2) is 9.59 Å². The Balaban J connectivity index is 2.10. The molecule has 0 radical (unpaired) electrons. The summed E-state index contributed by atoms with van der Waals surface area (Å²) in [7, 11) is 0. The number of rotatable bonds is 6. The van der Waals surface area contributed by atoms with E-state index in [1.54, 1.807) is 69.0 Å². The molecule has 4 rings (SSSR count). The van der Waals surface area contributed by atoms with Crippen molar-refractivity contribution in [2.45, 2.75) is 19.1 Å². The van der Waals surface area contributed by atoms with Gasteiger partial charge in [-0.05, 0) is 43.2 Å². The van der Waals surface area contributed by atoms with E-state index in [4.69, 9.17) is 15.2 Å². The van der Waals surface area contributed by atoms with Crippen molar-refractivity contribution < 1.29 is 23.9 Å². The summed E-state index contributed by atoms with van der Waals surface area (Å²) in [4.78, 5) is 48.1. The van der Waals surface area contributed by atoms with Gasteiger partial charge < -0.3 is 15.2 Å². The largest absolute Gasteiger partial charge is 0.462 e. The Hall–Kier alpha value is -3.92. The van der Waals surface area contributed by atoms with Crippen LogP contribution in [0.4, 0.5) is 5.69 Å². The van der Waals surface area contributed by atoms with E-state index in [-0.39, 0.29) is 34.8 Å². The number of pyridine rings is 2. The standard InChI is InChI=1S/C24H22N4O5S/c1-3-32-23(30)19-17(25)16(11-14-7-5-9-26-12-14)18-21(24(31)33-4-2)34-20(22(29)28(18)19)15-8-6-10-27-13-15/h5-13,20H,3-4,25H2,1-2H3/b16-11+. The minimum atomic E-state index is -0.841. The van der Waals surface area contributed by atoms with Crippen LogP contribution < -0.4 is 16.3 Å². The van der Waals surface area contributed by atoms with E-state index in [1.165, 1.54) is 4.57 Å². The minimum Gasteiger partial charge on any atom is -0.462 e. The average Bonchev–Trinajstić information content (AvgIpc) is 3.13. The number of nitrogen functional groups attached to an aromatic ring is 1. The average molecular weight is 479 g/mol. The van der Waals surface area contributed by atoms with E-state index in [0.717, 1.165) is 11.8 Å². The normalized spacial score (nSPS) is 15.7. The lowest BCUT2D eigenvalue weighted by Gasteiger charge is -2.23. The lowest BCUT2D eigenvalue weighted by Crippen LogP contribution is -2.42. The molecular weight excluding hydrogens is 456 g/mol. The van der Waals surface area contributed by atoms with Crippen LogP contribution in [0.25, 0.3) is 11.0 Å². The smallest absolute Gasteiger partial charge is 0.357 e. The van der Waals surface area contributed by atoms with Gasteiger partial charge in [0, 0.05) is 30.0 Å². The second-order valence-electron chi connectivity index (χ2n) is 7.18. The van der Waals surface area contributed by atoms with Gasteiger partial charge in [-0.3, -0.25) is 19.3 Å². The first-order valence-electron chi connectivity index (χ1n) is 10.6. The molecule has 0 bridgehead atoms. The number of nitrogens with two attached hydrogens (primary N) is 1. The molecule has 1 atom stereocenters. The number of aromatic nitrogens is 3. The van der Waals surface area contributed by atoms with Crippen molar-refractivity contribution >= 4 is 46.3 Å². The molecule has 0 spiro atoms. The molecule has 0 saturated carbocycles. The van der Waals surface area contributed by atoms with Gasteiger partial charge in [0.2, 0.25) is 5.91 Å². The van der Waals surface area contributed by atoms with Crippen LogP contribution in [-0.4, -0.2) is 45.6 Å². The van der Waals surface area contributed by atoms with Crippen molar-refractivity contribution in [2.24, 2.45) is 0 Å². The minimum absolute atomic E-state index is 0.0277. The number of carbonyl (C=O) groups is 3. The Bertz CT molecular complexity index is 1370. The van der Waals surface area contributed by atoms with Crippen LogP contribution in [0.15, 0.2) is 49.1 Å². The van der Waals surface area contributed by atoms with Gasteiger partial charge >= 0.3 is 11.9 Å². The zero-order valence-corrected chi connectivity index (χ0v) is 19.4. The number of thioether (sulfide) groups is 1. The number of carbonyl (C=O) groups excluding carboxylic acids is 3. The maximum Gasteiger partial charge on any atom is 0.357 e. The maximum atomic E-state index is 13.8. The molecule has 2 N–H and O–H groups in total. The van der Waals surface area contributed by atoms with E-state index in [1.807, 2.05) is 0 Å². The summed E-state index contributed by atoms with van der Waals surface area (Å²) in [6.45, 7) is 3.57. The van der Waals surface area contributed by atoms with E-state index < -0.39 is 23.1 Å². The zero-order chi connectivity index (χ0) is 24.2. The third-order valence-corrected chi connectivity index (χ3v) is 6.36. The summed E-state index contributed by atoms with van der Waals surface area (Å²) in [5, 5.41) is -0.311. The quantitative estimate of drug-likeness (QED) is 0.526. The number of nitrogens with zero attached hydrogens (tertiary/aromatic N) is 3. The van der Waals surface area contributed by atoms with Crippen molar-refractivity contribution in [2.75, 3.05) is 18.9 Å². The summed E-state index contributed by atoms with van der Waals surface area (Å²) in [6, 6.07) is 6.96. The molecule has 0 aromatic carbocycles. The van der Waals surface area contributed by atoms with Crippen LogP contribution in [0.2, 0.25) is 0 Å². The molecule has 0 amide bonds. The van der Waals surface area contributed by atoms with E-state index in [9.17, 15) is 14.4 Å². The monoisotopic (exact) mass is 478 g/mol. The molecule has 0 fully saturated rings. The fraction of sp³-hybridized carbons (Fsp3) is 0.208. The fourth-order valence-electron chi connectivity index (χ4n) is 3.65. The van der Waals surface area contributed by atoms with E-state index in [2.05, 4.69) is 9.97 Å². The van der Waals surface area contributed by atoms with Crippen LogP contribution in [0.1, 0.15) is 45.5 Å². The van der Waals surface area contributed by atoms with Crippen LogP contribution in [-0.2, 0) is 14.3 Å². The highest BCUT2D eigenvalue weighted by Gasteiger charge is 2.38. The van der Waals surface area contributed by atoms with Gasteiger partial charge in [-0.2, -0.15) is 0 Å². The number of hydrogen-bond donors (Lipinski definition) is 1. The summed E-state index contributed by atoms with van der Waals surface area (Å²) in [5.41, 5.74) is 7.58. The maximum absolute atomic E-state index is 13.8. The molecule has 1 aliphatic rings. The molecule has 1 unspecified atom stereocenters. The van der Waals surface area contributed by atoms with Gasteiger partial charge in [0.25, 0.3) is 0 Å². The fourth-order valence-corrected chi connectivity index (χ4v) is 4.84. The van der Waals surface area contributed by atoms with Crippen molar-refractivity contribution in [1.29, 1.82) is 0 Å². The molecular formula is C24H22N4O5S. The lowest BCUT2D eigenvalue weighted by atomic mass is 10.2. The number of anilines is 1. The topological polar surface area (TPSA) is 126 Å². The second-order valence-corrected chi connectivity index (χ2v) is 8.30. The molecule has 34 heavy (non-hydrogen) atoms. The van der Waals surface area contributed by atoms with Crippen molar-refractivity contribution in [3.63, 3.8) is 0 Å². The summed E-state index contributed by atoms with van der Waals surface area (Å²) < 4.78 is 11.7. The Morgan fingerprint density at radius 3 is 2.38 bits per heavy atom. The molecule has 0 saturated heterocycles. The zero-order valence-electron chi connectivity index (χ0n) is 18.6. The molecule has 3 aromatic rings. The first-order chi connectivity index (χ1) is 16.5. The van der Waals surface area contributed by atoms with Crippen LogP contribution in [0, 0.1) is 0 Å². The van der Waals surface area contributed by atoms with Crippen molar-refractivity contribution in [3.8, 4) is 0 Å². The van der Waals surface area contributed by atoms with E-state index >= 15 is 0 Å². The summed E-state index contributed by atoms with van der Waals surface area (Å²) in [5.74, 6) is -1.83. The highest BCUT2D eigenvalue weighted by molar-refractivity contribution is 8.10. The summed E-state index contributed by atoms with van der Waals surface area (Å²) in [6.07, 6.45) is 8.03. The molecule has 3 aromatic heterocycles. The van der Waals surface area contributed by atoms with Crippen LogP contribution in [0.3, 0.4) is 0 Å². The number of ether oxygens (including phenoxy) is 2. The highest BCUT2D eigenvalue weighted by Crippen LogP contribution is 2.39. The predicted molar refractivity (Wildman–Crippen MR) is 127 cm³/mol. The number of fused-ring (bicyclic) bond motifs is 1. The lowest BCUT2D eigenvalue weighted by molar-refractivity contribution is -0.135. The molecule has 0 aliphatic carbocycles. The van der Waals surface area contributed by atoms with Gasteiger partial charge in [0.1, 0.15) is 10.2 Å². The van der Waals surface area contributed by atoms with Crippen molar-refractivity contribution in [3.05, 3.63) is 76.4 Å². The molecule has 1 aliphatic heterocycles. The van der Waals surface area contributed by atoms with Gasteiger partial charge in [0.15, 0.2) is 5.69 Å². The Kier molecular flexibility index (Phi) is 6.78. The first kappa shape index (κ1) is 23.2. The number of esters is 2. The Morgan fingerprint density at radius 2 is 1.76 bits per heavy atom. The second kappa shape index (κ2) is 9.92. The third-order valence-electron chi connectivity index (χ3n) is 5.06. The molecule has 4 heterocycles. The van der Waals surface area contributed by atoms with Gasteiger partial charge in [0.05, 0.1) is 24.3 Å². The Labute approximate surface area is 199 Å². The van der Waals surface area contributed by atoms with Gasteiger partial charge in [-0.15, -0.1) is 0 Å². The molecule has 9 nitrogen and oxygen atoms in total. The predicted octanol–water partition coefficient (Wildman–Crippen LogP) is 1.67. The van der Waals surface area contributed by atoms with Crippen molar-refractivity contribution in [1.82, 2.24) is 14.5 Å². The highest BCUT2D eigenvalue weighted by atomic mass is 32.2. The molecule has 10 heteroatoms. The summed E-state index contributed by atoms with van der Waals surface area (Å²) >= 11 is 1.04. The Morgan fingerprint density at radius 1 is 1.09 bits per heavy atom. The van der Waals surface area contributed by atoms with Crippen LogP contribution >= 0.6 is 11.8 Å².